The summed E-state index contributed by atoms with van der Waals surface area (Å²) in [5, 5.41) is 2.52. The van der Waals surface area contributed by atoms with Crippen LogP contribution in [0.2, 0.25) is 0 Å². The van der Waals surface area contributed by atoms with Crippen molar-refractivity contribution in [1.82, 2.24) is 10.3 Å². The molecule has 2 aromatic rings. The quantitative estimate of drug-likeness (QED) is 0.128. The molecule has 272 valence electrons. The number of benzene rings is 1. The van der Waals surface area contributed by atoms with Gasteiger partial charge in [0.2, 0.25) is 5.75 Å². The molecule has 2 heterocycles. The molecule has 1 N–H and O–H groups in total. The second-order valence-corrected chi connectivity index (χ2v) is 13.4. The molecule has 12 nitrogen and oxygen atoms in total. The zero-order valence-corrected chi connectivity index (χ0v) is 29.7. The van der Waals surface area contributed by atoms with E-state index in [9.17, 15) is 24.0 Å². The number of carbonyl (C=O) groups excluding carboxylic acids is 5. The van der Waals surface area contributed by atoms with Gasteiger partial charge in [0.1, 0.15) is 18.1 Å². The average Bonchev–Trinajstić information content (AvgIpc) is 3.86. The maximum Gasteiger partial charge on any atom is 0.332 e. The Morgan fingerprint density at radius 1 is 1.00 bits per heavy atom. The van der Waals surface area contributed by atoms with Crippen LogP contribution in [0.25, 0.3) is 0 Å². The lowest BCUT2D eigenvalue weighted by Gasteiger charge is -2.30. The van der Waals surface area contributed by atoms with E-state index in [1.807, 2.05) is 30.3 Å². The molecule has 2 fully saturated rings. The number of nitrogens with zero attached hydrogens (tertiary/aromatic N) is 1. The maximum absolute atomic E-state index is 13.9. The molecule has 1 aromatic carbocycles. The van der Waals surface area contributed by atoms with E-state index in [2.05, 4.69) is 17.2 Å². The minimum Gasteiger partial charge on any atom is -0.493 e. The van der Waals surface area contributed by atoms with Crippen LogP contribution in [0.3, 0.4) is 0 Å². The summed E-state index contributed by atoms with van der Waals surface area (Å²) in [6.07, 6.45) is 8.03. The molecule has 1 aliphatic heterocycles. The van der Waals surface area contributed by atoms with Gasteiger partial charge in [-0.3, -0.25) is 19.2 Å². The summed E-state index contributed by atoms with van der Waals surface area (Å²) < 4.78 is 28.2. The molecule has 5 atom stereocenters. The Balaban J connectivity index is 1.48. The number of ether oxygens (including phenoxy) is 5. The third-order valence-corrected chi connectivity index (χ3v) is 9.26. The second-order valence-electron chi connectivity index (χ2n) is 13.4. The van der Waals surface area contributed by atoms with Gasteiger partial charge in [-0.05, 0) is 25.3 Å². The van der Waals surface area contributed by atoms with E-state index in [-0.39, 0.29) is 29.5 Å². The minimum absolute atomic E-state index is 0.101. The minimum atomic E-state index is -1.45. The lowest BCUT2D eigenvalue weighted by Crippen LogP contribution is -2.47. The van der Waals surface area contributed by atoms with E-state index in [4.69, 9.17) is 23.7 Å². The fourth-order valence-electron chi connectivity index (χ4n) is 6.35. The molecule has 1 aliphatic carbocycles. The Labute approximate surface area is 293 Å². The highest BCUT2D eigenvalue weighted by Crippen LogP contribution is 2.64. The number of unbranched alkanes of at least 4 members (excludes halogenated alkanes) is 7. The van der Waals surface area contributed by atoms with E-state index in [1.54, 1.807) is 20.8 Å². The van der Waals surface area contributed by atoms with Crippen LogP contribution in [0, 0.1) is 11.3 Å². The van der Waals surface area contributed by atoms with Crippen molar-refractivity contribution in [3.63, 3.8) is 0 Å². The van der Waals surface area contributed by atoms with Gasteiger partial charge in [0.05, 0.1) is 13.0 Å². The van der Waals surface area contributed by atoms with Gasteiger partial charge in [-0.2, -0.15) is 0 Å². The number of carbonyl (C=O) groups is 5. The summed E-state index contributed by atoms with van der Waals surface area (Å²) in [7, 11) is 1.36. The van der Waals surface area contributed by atoms with Gasteiger partial charge in [-0.15, -0.1) is 0 Å². The molecule has 0 bridgehead atoms. The van der Waals surface area contributed by atoms with Crippen LogP contribution in [0.5, 0.6) is 11.5 Å². The normalized spacial score (nSPS) is 23.2. The van der Waals surface area contributed by atoms with Crippen molar-refractivity contribution in [3.8, 4) is 11.5 Å². The maximum atomic E-state index is 13.9. The van der Waals surface area contributed by atoms with E-state index in [0.29, 0.717) is 12.8 Å². The highest BCUT2D eigenvalue weighted by molar-refractivity contribution is 5.99. The van der Waals surface area contributed by atoms with Crippen LogP contribution in [0.4, 0.5) is 0 Å². The fourth-order valence-corrected chi connectivity index (χ4v) is 6.35. The summed E-state index contributed by atoms with van der Waals surface area (Å²) in [5.74, 6) is -4.51. The Morgan fingerprint density at radius 2 is 1.68 bits per heavy atom. The summed E-state index contributed by atoms with van der Waals surface area (Å²) >= 11 is 0. The molecule has 1 saturated heterocycles. The van der Waals surface area contributed by atoms with Crippen molar-refractivity contribution in [1.29, 1.82) is 0 Å². The molecular formula is C38H50N2O10. The van der Waals surface area contributed by atoms with Crippen molar-refractivity contribution in [2.45, 2.75) is 116 Å². The molecule has 1 spiro atoms. The number of nitrogens with one attached hydrogen (secondary N) is 1. The van der Waals surface area contributed by atoms with Gasteiger partial charge < -0.3 is 29.0 Å². The first-order valence-electron chi connectivity index (χ1n) is 17.7. The van der Waals surface area contributed by atoms with E-state index in [1.165, 1.54) is 45.1 Å². The third-order valence-electron chi connectivity index (χ3n) is 9.26. The summed E-state index contributed by atoms with van der Waals surface area (Å²) in [5.41, 5.74) is -0.742. The summed E-state index contributed by atoms with van der Waals surface area (Å²) in [6, 6.07) is 9.30. The van der Waals surface area contributed by atoms with Crippen LogP contribution in [0.1, 0.15) is 114 Å². The molecule has 1 saturated carbocycles. The van der Waals surface area contributed by atoms with Crippen LogP contribution in [0.15, 0.2) is 42.6 Å². The molecule has 2 aliphatic rings. The fraction of sp³-hybridized carbons (Fsp3) is 0.579. The lowest BCUT2D eigenvalue weighted by molar-refractivity contribution is -0.179. The zero-order valence-electron chi connectivity index (χ0n) is 29.7. The Kier molecular flexibility index (Phi) is 13.8. The molecule has 12 heteroatoms. The number of hydrogen-bond donors (Lipinski definition) is 1. The molecule has 0 unspecified atom stereocenters. The smallest absolute Gasteiger partial charge is 0.332 e. The Morgan fingerprint density at radius 3 is 2.34 bits per heavy atom. The molecule has 1 aromatic heterocycles. The van der Waals surface area contributed by atoms with Gasteiger partial charge in [-0.1, -0.05) is 96.0 Å². The Bertz CT molecular complexity index is 1500. The third kappa shape index (κ3) is 9.39. The highest BCUT2D eigenvalue weighted by atomic mass is 16.6. The number of aromatic nitrogens is 1. The van der Waals surface area contributed by atoms with Crippen LogP contribution in [-0.2, 0) is 33.4 Å². The van der Waals surface area contributed by atoms with E-state index < -0.39 is 66.0 Å². The first-order chi connectivity index (χ1) is 24.0. The number of cyclic esters (lactones) is 2. The van der Waals surface area contributed by atoms with Crippen LogP contribution < -0.4 is 14.8 Å². The Hall–Kier alpha value is -4.48. The van der Waals surface area contributed by atoms with Gasteiger partial charge in [0.15, 0.2) is 23.6 Å². The number of pyridine rings is 1. The first kappa shape index (κ1) is 38.3. The van der Waals surface area contributed by atoms with Crippen LogP contribution in [-0.4, -0.2) is 66.7 Å². The molecule has 1 amide bonds. The van der Waals surface area contributed by atoms with Crippen molar-refractivity contribution in [2.24, 2.45) is 11.3 Å². The topological polar surface area (TPSA) is 156 Å². The van der Waals surface area contributed by atoms with Crippen LogP contribution >= 0.6 is 0 Å². The van der Waals surface area contributed by atoms with Crippen molar-refractivity contribution in [2.75, 3.05) is 13.7 Å². The van der Waals surface area contributed by atoms with Crippen molar-refractivity contribution < 1.29 is 47.7 Å². The lowest BCUT2D eigenvalue weighted by atomic mass is 9.89. The molecule has 4 rings (SSSR count). The number of hydrogen-bond acceptors (Lipinski definition) is 11. The highest BCUT2D eigenvalue weighted by Gasteiger charge is 2.70. The van der Waals surface area contributed by atoms with Gasteiger partial charge in [-0.25, -0.2) is 9.78 Å². The van der Waals surface area contributed by atoms with E-state index >= 15 is 0 Å². The number of methoxy groups -OCH3 is 1. The van der Waals surface area contributed by atoms with Gasteiger partial charge >= 0.3 is 23.9 Å². The molecule has 50 heavy (non-hydrogen) atoms. The first-order valence-corrected chi connectivity index (χ1v) is 17.7. The summed E-state index contributed by atoms with van der Waals surface area (Å²) in [4.78, 5) is 70.7. The van der Waals surface area contributed by atoms with Gasteiger partial charge in [0, 0.05) is 24.6 Å². The number of rotatable bonds is 16. The average molecular weight is 695 g/mol. The zero-order chi connectivity index (χ0) is 36.3. The SMILES string of the molecule is CCCCCCCCCCC(=O)Oc1c(OC)ccnc1C(=O)N[C@H]1COC(=O)[C@@]2(C[C@H]2c2ccccc2)[C@@H](OC(=O)C(C)C)[C@H](C)OC1=O. The largest absolute Gasteiger partial charge is 0.493 e. The predicted molar refractivity (Wildman–Crippen MR) is 182 cm³/mol. The van der Waals surface area contributed by atoms with E-state index in [0.717, 1.165) is 24.8 Å². The second kappa shape index (κ2) is 18.0. The predicted octanol–water partition coefficient (Wildman–Crippen LogP) is 5.86. The number of esters is 4. The van der Waals surface area contributed by atoms with Crippen molar-refractivity contribution >= 4 is 29.8 Å². The summed E-state index contributed by atoms with van der Waals surface area (Å²) in [6.45, 7) is 6.50. The van der Waals surface area contributed by atoms with Crippen molar-refractivity contribution in [3.05, 3.63) is 53.9 Å². The van der Waals surface area contributed by atoms with Gasteiger partial charge in [0.25, 0.3) is 5.91 Å². The molecule has 0 radical (unpaired) electrons. The molecular weight excluding hydrogens is 644 g/mol. The standard InChI is InChI=1S/C38H50N2O10/c1-6-7-8-9-10-11-12-16-19-30(41)49-32-29(46-5)20-21-39-31(32)34(42)40-28-23-47-37(45)38(22-27(38)26-17-14-13-15-18-26)33(25(4)48-36(28)44)50-35(43)24(2)3/h13-15,17-18,20-21,24-25,27-28,33H,6-12,16,19,22-23H2,1-5H3,(H,40,42)/t25-,27-,28-,33-,38+/m0/s1. The number of amides is 1. The monoisotopic (exact) mass is 694 g/mol.